The van der Waals surface area contributed by atoms with Crippen molar-refractivity contribution in [1.29, 1.82) is 0 Å². The molecule has 1 aromatic carbocycles. The number of carboxylic acids is 1. The van der Waals surface area contributed by atoms with Crippen LogP contribution in [0.25, 0.3) is 0 Å². The van der Waals surface area contributed by atoms with Gasteiger partial charge < -0.3 is 5.11 Å². The van der Waals surface area contributed by atoms with Gasteiger partial charge in [-0.2, -0.15) is 11.8 Å². The number of aliphatic carboxylic acids is 1. The van der Waals surface area contributed by atoms with E-state index in [4.69, 9.17) is 5.11 Å². The van der Waals surface area contributed by atoms with Crippen LogP contribution in [0.3, 0.4) is 0 Å². The van der Waals surface area contributed by atoms with E-state index in [0.29, 0.717) is 5.92 Å². The maximum atomic E-state index is 11.0. The van der Waals surface area contributed by atoms with Gasteiger partial charge in [-0.3, -0.25) is 4.79 Å². The molecule has 0 radical (unpaired) electrons. The third-order valence-electron chi connectivity index (χ3n) is 2.91. The van der Waals surface area contributed by atoms with Gasteiger partial charge in [0.25, 0.3) is 0 Å². The first kappa shape index (κ1) is 10.6. The van der Waals surface area contributed by atoms with Crippen LogP contribution < -0.4 is 0 Å². The third-order valence-corrected chi connectivity index (χ3v) is 4.19. The molecule has 1 saturated heterocycles. The smallest absolute Gasteiger partial charge is 0.310 e. The highest BCUT2D eigenvalue weighted by Crippen LogP contribution is 2.37. The molecule has 0 saturated carbocycles. The van der Waals surface area contributed by atoms with Crippen molar-refractivity contribution >= 4 is 17.7 Å². The zero-order chi connectivity index (χ0) is 10.8. The Hall–Kier alpha value is -0.960. The van der Waals surface area contributed by atoms with Gasteiger partial charge in [0.15, 0.2) is 0 Å². The summed E-state index contributed by atoms with van der Waals surface area (Å²) in [5.41, 5.74) is 2.21. The number of carbonyl (C=O) groups is 1. The molecule has 0 aliphatic carbocycles. The molecule has 0 bridgehead atoms. The number of carboxylic acid groups (broad SMARTS) is 1. The zero-order valence-corrected chi connectivity index (χ0v) is 9.46. The van der Waals surface area contributed by atoms with E-state index in [1.807, 2.05) is 30.0 Å². The topological polar surface area (TPSA) is 37.3 Å². The van der Waals surface area contributed by atoms with Crippen LogP contribution in [-0.2, 0) is 4.79 Å². The molecule has 80 valence electrons. The highest BCUT2D eigenvalue weighted by atomic mass is 32.2. The summed E-state index contributed by atoms with van der Waals surface area (Å²) < 4.78 is 0. The summed E-state index contributed by atoms with van der Waals surface area (Å²) in [6.07, 6.45) is 0. The summed E-state index contributed by atoms with van der Waals surface area (Å²) >= 11 is 1.92. The van der Waals surface area contributed by atoms with Crippen molar-refractivity contribution in [3.63, 3.8) is 0 Å². The summed E-state index contributed by atoms with van der Waals surface area (Å²) in [5, 5.41) is 9.03. The maximum absolute atomic E-state index is 11.0. The molecule has 1 fully saturated rings. The van der Waals surface area contributed by atoms with E-state index < -0.39 is 11.9 Å². The summed E-state index contributed by atoms with van der Waals surface area (Å²) in [4.78, 5) is 11.0. The Bertz CT molecular complexity index is 372. The lowest BCUT2D eigenvalue weighted by Crippen LogP contribution is -2.19. The normalized spacial score (nSPS) is 18.2. The van der Waals surface area contributed by atoms with Crippen molar-refractivity contribution < 1.29 is 9.90 Å². The van der Waals surface area contributed by atoms with Crippen LogP contribution in [0.15, 0.2) is 24.3 Å². The summed E-state index contributed by atoms with van der Waals surface area (Å²) in [5.74, 6) is 1.68. The molecule has 1 aliphatic rings. The Morgan fingerprint density at radius 1 is 1.47 bits per heavy atom. The molecule has 3 heteroatoms. The molecule has 1 unspecified atom stereocenters. The van der Waals surface area contributed by atoms with Crippen molar-refractivity contribution in [3.8, 4) is 0 Å². The van der Waals surface area contributed by atoms with Crippen LogP contribution in [0.1, 0.15) is 29.9 Å². The molecule has 1 aliphatic heterocycles. The van der Waals surface area contributed by atoms with E-state index in [1.165, 1.54) is 5.56 Å². The van der Waals surface area contributed by atoms with Gasteiger partial charge in [0.05, 0.1) is 5.92 Å². The zero-order valence-electron chi connectivity index (χ0n) is 8.64. The van der Waals surface area contributed by atoms with Crippen molar-refractivity contribution in [2.24, 2.45) is 0 Å². The summed E-state index contributed by atoms with van der Waals surface area (Å²) in [6.45, 7) is 1.76. The van der Waals surface area contributed by atoms with Crippen LogP contribution in [0.4, 0.5) is 0 Å². The number of hydrogen-bond acceptors (Lipinski definition) is 2. The van der Waals surface area contributed by atoms with Crippen LogP contribution >= 0.6 is 11.8 Å². The molecule has 2 rings (SSSR count). The van der Waals surface area contributed by atoms with E-state index in [-0.39, 0.29) is 0 Å². The first-order valence-electron chi connectivity index (χ1n) is 5.09. The lowest BCUT2D eigenvalue weighted by molar-refractivity contribution is -0.138. The Morgan fingerprint density at radius 3 is 2.67 bits per heavy atom. The fourth-order valence-corrected chi connectivity index (χ4v) is 2.66. The first-order valence-corrected chi connectivity index (χ1v) is 6.25. The molecule has 1 heterocycles. The fraction of sp³-hybridized carbons (Fsp3) is 0.417. The average Bonchev–Trinajstić information content (AvgIpc) is 2.15. The lowest BCUT2D eigenvalue weighted by Gasteiger charge is -2.28. The molecule has 0 amide bonds. The number of thioether (sulfide) groups is 1. The maximum Gasteiger partial charge on any atom is 0.310 e. The molecule has 15 heavy (non-hydrogen) atoms. The second-order valence-electron chi connectivity index (χ2n) is 3.92. The van der Waals surface area contributed by atoms with Crippen LogP contribution in [-0.4, -0.2) is 22.6 Å². The summed E-state index contributed by atoms with van der Waals surface area (Å²) in [7, 11) is 0. The fourth-order valence-electron chi connectivity index (χ4n) is 1.83. The minimum atomic E-state index is -0.741. The van der Waals surface area contributed by atoms with Crippen LogP contribution in [0.5, 0.6) is 0 Å². The minimum Gasteiger partial charge on any atom is -0.481 e. The van der Waals surface area contributed by atoms with Crippen LogP contribution in [0.2, 0.25) is 0 Å². The van der Waals surface area contributed by atoms with Gasteiger partial charge in [-0.05, 0) is 18.1 Å². The predicted molar refractivity (Wildman–Crippen MR) is 62.6 cm³/mol. The Kier molecular flexibility index (Phi) is 3.00. The van der Waals surface area contributed by atoms with Crippen LogP contribution in [0, 0.1) is 0 Å². The number of hydrogen-bond donors (Lipinski definition) is 1. The van der Waals surface area contributed by atoms with Crippen molar-refractivity contribution in [2.45, 2.75) is 18.8 Å². The van der Waals surface area contributed by atoms with Crippen molar-refractivity contribution in [3.05, 3.63) is 35.4 Å². The predicted octanol–water partition coefficient (Wildman–Crippen LogP) is 2.71. The van der Waals surface area contributed by atoms with Gasteiger partial charge in [-0.1, -0.05) is 24.3 Å². The van der Waals surface area contributed by atoms with E-state index in [0.717, 1.165) is 17.1 Å². The number of rotatable bonds is 3. The van der Waals surface area contributed by atoms with Crippen molar-refractivity contribution in [2.75, 3.05) is 11.5 Å². The standard InChI is InChI=1S/C12H14O2S/c1-8(12(13)14)10-4-2-3-5-11(10)9-6-15-7-9/h2-5,8-9H,6-7H2,1H3,(H,13,14). The highest BCUT2D eigenvalue weighted by Gasteiger charge is 2.26. The van der Waals surface area contributed by atoms with E-state index in [1.54, 1.807) is 6.92 Å². The van der Waals surface area contributed by atoms with Gasteiger partial charge in [-0.25, -0.2) is 0 Å². The van der Waals surface area contributed by atoms with Gasteiger partial charge >= 0.3 is 5.97 Å². The minimum absolute atomic E-state index is 0.396. The highest BCUT2D eigenvalue weighted by molar-refractivity contribution is 8.00. The Labute approximate surface area is 93.7 Å². The van der Waals surface area contributed by atoms with E-state index in [9.17, 15) is 4.79 Å². The Balaban J connectivity index is 2.32. The van der Waals surface area contributed by atoms with Gasteiger partial charge in [0.1, 0.15) is 0 Å². The second kappa shape index (κ2) is 4.27. The largest absolute Gasteiger partial charge is 0.481 e. The molecule has 2 nitrogen and oxygen atoms in total. The van der Waals surface area contributed by atoms with Crippen molar-refractivity contribution in [1.82, 2.24) is 0 Å². The molecule has 1 N–H and O–H groups in total. The molecule has 1 atom stereocenters. The quantitative estimate of drug-likeness (QED) is 0.854. The number of benzene rings is 1. The van der Waals surface area contributed by atoms with Gasteiger partial charge in [0.2, 0.25) is 0 Å². The monoisotopic (exact) mass is 222 g/mol. The van der Waals surface area contributed by atoms with Gasteiger partial charge in [-0.15, -0.1) is 0 Å². The average molecular weight is 222 g/mol. The molecule has 0 aromatic heterocycles. The first-order chi connectivity index (χ1) is 7.20. The third kappa shape index (κ3) is 2.02. The summed E-state index contributed by atoms with van der Waals surface area (Å²) in [6, 6.07) is 7.93. The second-order valence-corrected chi connectivity index (χ2v) is 5.00. The lowest BCUT2D eigenvalue weighted by atomic mass is 9.89. The molecule has 0 spiro atoms. The van der Waals surface area contributed by atoms with E-state index in [2.05, 4.69) is 6.07 Å². The Morgan fingerprint density at radius 2 is 2.13 bits per heavy atom. The van der Waals surface area contributed by atoms with E-state index >= 15 is 0 Å². The SMILES string of the molecule is CC(C(=O)O)c1ccccc1C1CSC1. The molecular formula is C12H14O2S. The van der Waals surface area contributed by atoms with Gasteiger partial charge in [0, 0.05) is 17.4 Å². The molecule has 1 aromatic rings. The molecular weight excluding hydrogens is 208 g/mol.